The lowest BCUT2D eigenvalue weighted by Gasteiger charge is -2.34. The molecule has 2 aromatic rings. The van der Waals surface area contributed by atoms with Crippen molar-refractivity contribution in [1.82, 2.24) is 14.8 Å². The van der Waals surface area contributed by atoms with E-state index in [0.717, 1.165) is 56.0 Å². The Hall–Kier alpha value is -2.20. The molecule has 1 aromatic heterocycles. The predicted molar refractivity (Wildman–Crippen MR) is 91.5 cm³/mol. The van der Waals surface area contributed by atoms with E-state index < -0.39 is 0 Å². The van der Waals surface area contributed by atoms with Gasteiger partial charge in [0.1, 0.15) is 0 Å². The minimum atomic E-state index is 0.151. The topological polar surface area (TPSA) is 36.4 Å². The molecule has 0 radical (unpaired) electrons. The van der Waals surface area contributed by atoms with Gasteiger partial charge in [0, 0.05) is 56.6 Å². The Kier molecular flexibility index (Phi) is 5.03. The lowest BCUT2D eigenvalue weighted by atomic mass is 10.1. The van der Waals surface area contributed by atoms with Crippen molar-refractivity contribution in [3.63, 3.8) is 0 Å². The number of piperazine rings is 1. The first-order valence-corrected chi connectivity index (χ1v) is 8.20. The lowest BCUT2D eigenvalue weighted by Crippen LogP contribution is -2.49. The number of rotatable bonds is 4. The van der Waals surface area contributed by atoms with E-state index in [1.807, 2.05) is 54.4 Å². The Balaban J connectivity index is 1.49. The largest absolute Gasteiger partial charge is 0.336 e. The summed E-state index contributed by atoms with van der Waals surface area (Å²) in [6, 6.07) is 13.9. The number of hydrogen-bond acceptors (Lipinski definition) is 3. The zero-order chi connectivity index (χ0) is 16.1. The zero-order valence-corrected chi connectivity index (χ0v) is 13.6. The standard InChI is InChI=1S/C19H23N3O/c1-16-5-4-6-17(15-16)19(23)22-13-11-21(12-14-22)10-8-18-7-2-3-9-20-18/h2-7,9,15H,8,10-14H2,1H3. The molecular formula is C19H23N3O. The third-order valence-electron chi connectivity index (χ3n) is 4.33. The van der Waals surface area contributed by atoms with Crippen LogP contribution in [-0.4, -0.2) is 53.4 Å². The van der Waals surface area contributed by atoms with Crippen LogP contribution < -0.4 is 0 Å². The van der Waals surface area contributed by atoms with Crippen LogP contribution >= 0.6 is 0 Å². The summed E-state index contributed by atoms with van der Waals surface area (Å²) in [5, 5.41) is 0. The van der Waals surface area contributed by atoms with Crippen molar-refractivity contribution < 1.29 is 4.79 Å². The van der Waals surface area contributed by atoms with Crippen molar-refractivity contribution in [3.8, 4) is 0 Å². The number of carbonyl (C=O) groups excluding carboxylic acids is 1. The molecule has 1 fully saturated rings. The summed E-state index contributed by atoms with van der Waals surface area (Å²) >= 11 is 0. The molecule has 120 valence electrons. The number of nitrogens with zero attached hydrogens (tertiary/aromatic N) is 3. The van der Waals surface area contributed by atoms with Crippen LogP contribution in [0.2, 0.25) is 0 Å². The van der Waals surface area contributed by atoms with Gasteiger partial charge in [-0.3, -0.25) is 14.7 Å². The van der Waals surface area contributed by atoms with E-state index in [9.17, 15) is 4.79 Å². The molecule has 4 nitrogen and oxygen atoms in total. The molecule has 0 atom stereocenters. The molecule has 1 aromatic carbocycles. The molecule has 1 aliphatic heterocycles. The molecule has 0 bridgehead atoms. The SMILES string of the molecule is Cc1cccc(C(=O)N2CCN(CCc3ccccn3)CC2)c1. The molecule has 1 amide bonds. The van der Waals surface area contributed by atoms with Crippen LogP contribution in [0.15, 0.2) is 48.7 Å². The summed E-state index contributed by atoms with van der Waals surface area (Å²) in [4.78, 5) is 21.3. The van der Waals surface area contributed by atoms with E-state index in [1.54, 1.807) is 0 Å². The monoisotopic (exact) mass is 309 g/mol. The van der Waals surface area contributed by atoms with Crippen molar-refractivity contribution >= 4 is 5.91 Å². The minimum absolute atomic E-state index is 0.151. The minimum Gasteiger partial charge on any atom is -0.336 e. The first-order chi connectivity index (χ1) is 11.2. The fraction of sp³-hybridized carbons (Fsp3) is 0.368. The van der Waals surface area contributed by atoms with Crippen molar-refractivity contribution in [1.29, 1.82) is 0 Å². The first kappa shape index (κ1) is 15.7. The van der Waals surface area contributed by atoms with Gasteiger partial charge in [0.05, 0.1) is 0 Å². The summed E-state index contributed by atoms with van der Waals surface area (Å²) in [6.07, 6.45) is 2.81. The van der Waals surface area contributed by atoms with Crippen LogP contribution in [0.3, 0.4) is 0 Å². The van der Waals surface area contributed by atoms with Gasteiger partial charge < -0.3 is 4.90 Å². The molecule has 0 spiro atoms. The number of pyridine rings is 1. The van der Waals surface area contributed by atoms with Gasteiger partial charge in [-0.25, -0.2) is 0 Å². The maximum atomic E-state index is 12.5. The number of aromatic nitrogens is 1. The van der Waals surface area contributed by atoms with E-state index >= 15 is 0 Å². The van der Waals surface area contributed by atoms with Gasteiger partial charge >= 0.3 is 0 Å². The Morgan fingerprint density at radius 1 is 1.09 bits per heavy atom. The quantitative estimate of drug-likeness (QED) is 0.870. The number of hydrogen-bond donors (Lipinski definition) is 0. The van der Waals surface area contributed by atoms with Crippen LogP contribution in [0.5, 0.6) is 0 Å². The Labute approximate surface area is 137 Å². The highest BCUT2D eigenvalue weighted by atomic mass is 16.2. The third kappa shape index (κ3) is 4.17. The lowest BCUT2D eigenvalue weighted by molar-refractivity contribution is 0.0638. The maximum absolute atomic E-state index is 12.5. The van der Waals surface area contributed by atoms with Crippen LogP contribution in [0.4, 0.5) is 0 Å². The van der Waals surface area contributed by atoms with E-state index in [-0.39, 0.29) is 5.91 Å². The van der Waals surface area contributed by atoms with E-state index in [1.165, 1.54) is 0 Å². The highest BCUT2D eigenvalue weighted by Crippen LogP contribution is 2.11. The molecule has 2 heterocycles. The van der Waals surface area contributed by atoms with Crippen molar-refractivity contribution in [2.75, 3.05) is 32.7 Å². The second-order valence-corrected chi connectivity index (χ2v) is 6.07. The van der Waals surface area contributed by atoms with E-state index in [4.69, 9.17) is 0 Å². The summed E-state index contributed by atoms with van der Waals surface area (Å²) < 4.78 is 0. The molecule has 1 aliphatic rings. The first-order valence-electron chi connectivity index (χ1n) is 8.20. The molecule has 4 heteroatoms. The maximum Gasteiger partial charge on any atom is 0.253 e. The normalized spacial score (nSPS) is 15.6. The van der Waals surface area contributed by atoms with Gasteiger partial charge in [-0.1, -0.05) is 23.8 Å². The van der Waals surface area contributed by atoms with Crippen LogP contribution in [-0.2, 0) is 6.42 Å². The molecule has 1 saturated heterocycles. The molecule has 0 saturated carbocycles. The molecule has 3 rings (SSSR count). The highest BCUT2D eigenvalue weighted by molar-refractivity contribution is 5.94. The predicted octanol–water partition coefficient (Wildman–Crippen LogP) is 2.39. The fourth-order valence-corrected chi connectivity index (χ4v) is 2.95. The number of aryl methyl sites for hydroxylation is 1. The second-order valence-electron chi connectivity index (χ2n) is 6.07. The molecule has 0 N–H and O–H groups in total. The average molecular weight is 309 g/mol. The van der Waals surface area contributed by atoms with Crippen molar-refractivity contribution in [2.24, 2.45) is 0 Å². The van der Waals surface area contributed by atoms with Gasteiger partial charge in [0.15, 0.2) is 0 Å². The molecule has 0 aliphatic carbocycles. The van der Waals surface area contributed by atoms with Crippen LogP contribution in [0, 0.1) is 6.92 Å². The van der Waals surface area contributed by atoms with Gasteiger partial charge in [-0.2, -0.15) is 0 Å². The molecular weight excluding hydrogens is 286 g/mol. The summed E-state index contributed by atoms with van der Waals surface area (Å²) in [5.41, 5.74) is 3.06. The van der Waals surface area contributed by atoms with Gasteiger partial charge in [-0.05, 0) is 31.2 Å². The second kappa shape index (κ2) is 7.38. The fourth-order valence-electron chi connectivity index (χ4n) is 2.95. The average Bonchev–Trinajstić information content (AvgIpc) is 2.61. The zero-order valence-electron chi connectivity index (χ0n) is 13.6. The molecule has 0 unspecified atom stereocenters. The van der Waals surface area contributed by atoms with Gasteiger partial charge in [0.2, 0.25) is 0 Å². The van der Waals surface area contributed by atoms with Crippen LogP contribution in [0.1, 0.15) is 21.6 Å². The smallest absolute Gasteiger partial charge is 0.253 e. The van der Waals surface area contributed by atoms with E-state index in [0.29, 0.717) is 0 Å². The third-order valence-corrected chi connectivity index (χ3v) is 4.33. The van der Waals surface area contributed by atoms with Gasteiger partial charge in [-0.15, -0.1) is 0 Å². The number of carbonyl (C=O) groups is 1. The summed E-state index contributed by atoms with van der Waals surface area (Å²) in [5.74, 6) is 0.151. The van der Waals surface area contributed by atoms with Crippen molar-refractivity contribution in [2.45, 2.75) is 13.3 Å². The number of benzene rings is 1. The van der Waals surface area contributed by atoms with Crippen molar-refractivity contribution in [3.05, 3.63) is 65.5 Å². The van der Waals surface area contributed by atoms with Crippen LogP contribution in [0.25, 0.3) is 0 Å². The summed E-state index contributed by atoms with van der Waals surface area (Å²) in [6.45, 7) is 6.49. The Morgan fingerprint density at radius 3 is 2.61 bits per heavy atom. The molecule has 23 heavy (non-hydrogen) atoms. The number of amides is 1. The Morgan fingerprint density at radius 2 is 1.91 bits per heavy atom. The highest BCUT2D eigenvalue weighted by Gasteiger charge is 2.21. The summed E-state index contributed by atoms with van der Waals surface area (Å²) in [7, 11) is 0. The van der Waals surface area contributed by atoms with E-state index in [2.05, 4.69) is 16.0 Å². The Bertz CT molecular complexity index is 649. The van der Waals surface area contributed by atoms with Gasteiger partial charge in [0.25, 0.3) is 5.91 Å².